The third-order valence-electron chi connectivity index (χ3n) is 6.39. The predicted octanol–water partition coefficient (Wildman–Crippen LogP) is 4.11. The van der Waals surface area contributed by atoms with Crippen molar-refractivity contribution in [2.45, 2.75) is 45.9 Å². The fourth-order valence-electron chi connectivity index (χ4n) is 4.57. The maximum Gasteiger partial charge on any atom is 0.254 e. The van der Waals surface area contributed by atoms with Crippen LogP contribution < -0.4 is 4.90 Å². The third kappa shape index (κ3) is 2.08. The molecule has 136 valence electrons. The Hall–Kier alpha value is -2.33. The highest BCUT2D eigenvalue weighted by atomic mass is 16.7. The summed E-state index contributed by atoms with van der Waals surface area (Å²) in [7, 11) is 0. The molecule has 1 amide bonds. The molecule has 0 bridgehead atoms. The van der Waals surface area contributed by atoms with E-state index in [1.807, 2.05) is 44.2 Å². The van der Waals surface area contributed by atoms with E-state index in [-0.39, 0.29) is 17.5 Å². The molecule has 0 aliphatic carbocycles. The van der Waals surface area contributed by atoms with Gasteiger partial charge in [-0.25, -0.2) is 0 Å². The number of fused-ring (bicyclic) bond motifs is 3. The molecule has 4 heteroatoms. The normalized spacial score (nSPS) is 26.2. The minimum atomic E-state index is -0.547. The first kappa shape index (κ1) is 17.1. The smallest absolute Gasteiger partial charge is 0.254 e. The molecular formula is C22H26N2O2. The molecule has 2 aromatic carbocycles. The van der Waals surface area contributed by atoms with Gasteiger partial charge in [-0.1, -0.05) is 55.5 Å². The van der Waals surface area contributed by atoms with Gasteiger partial charge < -0.3 is 4.90 Å². The van der Waals surface area contributed by atoms with Crippen LogP contribution in [0, 0.1) is 5.41 Å². The van der Waals surface area contributed by atoms with Gasteiger partial charge in [0.15, 0.2) is 0 Å². The highest BCUT2D eigenvalue weighted by Gasteiger charge is 2.68. The first-order valence-electron chi connectivity index (χ1n) is 9.29. The summed E-state index contributed by atoms with van der Waals surface area (Å²) >= 11 is 0. The van der Waals surface area contributed by atoms with Crippen LogP contribution in [-0.2, 0) is 21.7 Å². The van der Waals surface area contributed by atoms with Crippen molar-refractivity contribution in [3.63, 3.8) is 0 Å². The molecule has 4 nitrogen and oxygen atoms in total. The fraction of sp³-hybridized carbons (Fsp3) is 0.409. The molecule has 0 aromatic heterocycles. The van der Waals surface area contributed by atoms with Crippen molar-refractivity contribution in [3.8, 4) is 0 Å². The predicted molar refractivity (Wildman–Crippen MR) is 102 cm³/mol. The van der Waals surface area contributed by atoms with Crippen LogP contribution in [0.1, 0.15) is 38.8 Å². The van der Waals surface area contributed by atoms with Crippen molar-refractivity contribution in [3.05, 3.63) is 65.7 Å². The van der Waals surface area contributed by atoms with E-state index in [0.29, 0.717) is 6.61 Å². The second-order valence-electron chi connectivity index (χ2n) is 7.89. The highest BCUT2D eigenvalue weighted by Crippen LogP contribution is 2.60. The van der Waals surface area contributed by atoms with Crippen LogP contribution in [0.15, 0.2) is 54.6 Å². The van der Waals surface area contributed by atoms with Gasteiger partial charge in [0.05, 0.1) is 5.41 Å². The molecule has 2 aromatic rings. The molecule has 1 fully saturated rings. The van der Waals surface area contributed by atoms with E-state index < -0.39 is 5.41 Å². The number of nitrogens with zero attached hydrogens (tertiary/aromatic N) is 2. The van der Waals surface area contributed by atoms with Crippen molar-refractivity contribution >= 4 is 11.6 Å². The van der Waals surface area contributed by atoms with Crippen molar-refractivity contribution in [2.75, 3.05) is 11.4 Å². The second-order valence-corrected chi connectivity index (χ2v) is 7.89. The maximum absolute atomic E-state index is 13.3. The number of amides is 1. The summed E-state index contributed by atoms with van der Waals surface area (Å²) in [6, 6.07) is 18.4. The average Bonchev–Trinajstić information content (AvgIpc) is 3.00. The summed E-state index contributed by atoms with van der Waals surface area (Å²) in [6.07, 6.45) is -0.129. The van der Waals surface area contributed by atoms with Crippen LogP contribution in [0.25, 0.3) is 0 Å². The van der Waals surface area contributed by atoms with Crippen LogP contribution in [0.5, 0.6) is 0 Å². The van der Waals surface area contributed by atoms with Crippen molar-refractivity contribution in [1.82, 2.24) is 5.06 Å². The minimum Gasteiger partial charge on any atom is -0.348 e. The first-order chi connectivity index (χ1) is 12.4. The van der Waals surface area contributed by atoms with E-state index in [4.69, 9.17) is 4.84 Å². The molecule has 2 aliphatic rings. The zero-order valence-corrected chi connectivity index (χ0v) is 15.9. The molecule has 0 radical (unpaired) electrons. The van der Waals surface area contributed by atoms with Gasteiger partial charge in [-0.3, -0.25) is 9.63 Å². The summed E-state index contributed by atoms with van der Waals surface area (Å²) in [4.78, 5) is 21.7. The Morgan fingerprint density at radius 3 is 2.35 bits per heavy atom. The Labute approximate surface area is 155 Å². The summed E-state index contributed by atoms with van der Waals surface area (Å²) in [5.74, 6) is 0.0499. The number of rotatable bonds is 4. The lowest BCUT2D eigenvalue weighted by Gasteiger charge is -2.37. The number of likely N-dealkylation sites (N-methyl/N-ethyl adjacent to an activating group) is 1. The molecule has 1 saturated heterocycles. The van der Waals surface area contributed by atoms with E-state index in [1.165, 1.54) is 11.3 Å². The minimum absolute atomic E-state index is 0.0499. The standard InChI is InChI=1S/C22H26N2O2/c1-5-23-18-14-10-9-13-17(18)22(4)19(23)24(20(25)21(22,2)3)26-15-16-11-7-6-8-12-16/h6-14,19H,5,15H2,1-4H3. The molecule has 2 unspecified atom stereocenters. The number of carbonyl (C=O) groups excluding carboxylic acids is 1. The SMILES string of the molecule is CCN1c2ccccc2C2(C)C1N(OCc1ccccc1)C(=O)C2(C)C. The van der Waals surface area contributed by atoms with Gasteiger partial charge in [0.1, 0.15) is 12.8 Å². The number of hydrogen-bond acceptors (Lipinski definition) is 3. The quantitative estimate of drug-likeness (QED) is 0.832. The molecular weight excluding hydrogens is 324 g/mol. The largest absolute Gasteiger partial charge is 0.348 e. The van der Waals surface area contributed by atoms with Gasteiger partial charge in [-0.2, -0.15) is 5.06 Å². The number of benzene rings is 2. The first-order valence-corrected chi connectivity index (χ1v) is 9.29. The van der Waals surface area contributed by atoms with Gasteiger partial charge in [0, 0.05) is 17.6 Å². The second kappa shape index (κ2) is 5.85. The topological polar surface area (TPSA) is 32.8 Å². The molecule has 2 atom stereocenters. The monoisotopic (exact) mass is 350 g/mol. The zero-order chi connectivity index (χ0) is 18.5. The van der Waals surface area contributed by atoms with Crippen LogP contribution in [0.3, 0.4) is 0 Å². The van der Waals surface area contributed by atoms with Gasteiger partial charge in [-0.05, 0) is 38.0 Å². The fourth-order valence-corrected chi connectivity index (χ4v) is 4.57. The van der Waals surface area contributed by atoms with Crippen LogP contribution in [0.2, 0.25) is 0 Å². The third-order valence-corrected chi connectivity index (χ3v) is 6.39. The number of para-hydroxylation sites is 1. The summed E-state index contributed by atoms with van der Waals surface area (Å²) < 4.78 is 0. The molecule has 0 N–H and O–H groups in total. The lowest BCUT2D eigenvalue weighted by molar-refractivity contribution is -0.198. The lowest BCUT2D eigenvalue weighted by Crippen LogP contribution is -2.50. The summed E-state index contributed by atoms with van der Waals surface area (Å²) in [5.41, 5.74) is 2.62. The zero-order valence-electron chi connectivity index (χ0n) is 15.9. The number of hydrogen-bond donors (Lipinski definition) is 0. The molecule has 2 aliphatic heterocycles. The van der Waals surface area contributed by atoms with Gasteiger partial charge in [-0.15, -0.1) is 0 Å². The molecule has 4 rings (SSSR count). The lowest BCUT2D eigenvalue weighted by atomic mass is 9.65. The van der Waals surface area contributed by atoms with E-state index in [9.17, 15) is 4.79 Å². The van der Waals surface area contributed by atoms with E-state index in [2.05, 4.69) is 43.0 Å². The molecule has 2 heterocycles. The van der Waals surface area contributed by atoms with Crippen LogP contribution >= 0.6 is 0 Å². The highest BCUT2D eigenvalue weighted by molar-refractivity contribution is 5.90. The van der Waals surface area contributed by atoms with Crippen molar-refractivity contribution < 1.29 is 9.63 Å². The Morgan fingerprint density at radius 2 is 1.65 bits per heavy atom. The van der Waals surface area contributed by atoms with Crippen LogP contribution in [0.4, 0.5) is 5.69 Å². The summed E-state index contributed by atoms with van der Waals surface area (Å²) in [6.45, 7) is 9.65. The Balaban J connectivity index is 1.75. The van der Waals surface area contributed by atoms with Gasteiger partial charge >= 0.3 is 0 Å². The summed E-state index contributed by atoms with van der Waals surface area (Å²) in [5, 5.41) is 1.64. The Bertz CT molecular complexity index is 833. The molecule has 0 spiro atoms. The van der Waals surface area contributed by atoms with Gasteiger partial charge in [0.2, 0.25) is 0 Å². The van der Waals surface area contributed by atoms with Crippen molar-refractivity contribution in [1.29, 1.82) is 0 Å². The van der Waals surface area contributed by atoms with E-state index >= 15 is 0 Å². The molecule has 0 saturated carbocycles. The number of carbonyl (C=O) groups is 1. The van der Waals surface area contributed by atoms with E-state index in [0.717, 1.165) is 12.1 Å². The van der Waals surface area contributed by atoms with E-state index in [1.54, 1.807) is 5.06 Å². The molecule has 26 heavy (non-hydrogen) atoms. The number of anilines is 1. The maximum atomic E-state index is 13.3. The average molecular weight is 350 g/mol. The van der Waals surface area contributed by atoms with Gasteiger partial charge in [0.25, 0.3) is 5.91 Å². The number of hydroxylamine groups is 2. The van der Waals surface area contributed by atoms with Crippen LogP contribution in [-0.4, -0.2) is 23.7 Å². The Kier molecular flexibility index (Phi) is 3.85. The van der Waals surface area contributed by atoms with Crippen molar-refractivity contribution in [2.24, 2.45) is 5.41 Å². The Morgan fingerprint density at radius 1 is 1.00 bits per heavy atom.